The molecule has 0 aliphatic heterocycles. The summed E-state index contributed by atoms with van der Waals surface area (Å²) in [6, 6.07) is 11.0. The summed E-state index contributed by atoms with van der Waals surface area (Å²) < 4.78 is 1.65. The first-order valence-electron chi connectivity index (χ1n) is 7.15. The third-order valence-electron chi connectivity index (χ3n) is 3.56. The van der Waals surface area contributed by atoms with E-state index in [4.69, 9.17) is 0 Å². The predicted octanol–water partition coefficient (Wildman–Crippen LogP) is 3.02. The number of carbonyl (C=O) groups is 1. The van der Waals surface area contributed by atoms with Crippen LogP contribution in [0.4, 0.5) is 5.69 Å². The maximum Gasteiger partial charge on any atom is 0.278 e. The molecule has 0 atom stereocenters. The van der Waals surface area contributed by atoms with Crippen molar-refractivity contribution in [2.45, 2.75) is 13.8 Å². The van der Waals surface area contributed by atoms with Crippen LogP contribution in [0.25, 0.3) is 5.65 Å². The molecule has 0 aliphatic carbocycles. The molecule has 2 heterocycles. The van der Waals surface area contributed by atoms with Crippen molar-refractivity contribution < 1.29 is 9.90 Å². The number of hydrogen-bond donors (Lipinski definition) is 1. The molecule has 0 unspecified atom stereocenters. The molecule has 5 heteroatoms. The van der Waals surface area contributed by atoms with Gasteiger partial charge in [0, 0.05) is 24.6 Å². The Hall–Kier alpha value is -2.82. The van der Waals surface area contributed by atoms with Crippen LogP contribution < -0.4 is 4.90 Å². The highest BCUT2D eigenvalue weighted by Gasteiger charge is 2.20. The quantitative estimate of drug-likeness (QED) is 0.808. The van der Waals surface area contributed by atoms with Gasteiger partial charge in [-0.25, -0.2) is 4.98 Å². The van der Waals surface area contributed by atoms with Crippen LogP contribution in [-0.4, -0.2) is 26.9 Å². The third-order valence-corrected chi connectivity index (χ3v) is 3.56. The molecular formula is C17H17N3O2. The van der Waals surface area contributed by atoms with Crippen molar-refractivity contribution in [2.75, 3.05) is 11.4 Å². The van der Waals surface area contributed by atoms with E-state index in [-0.39, 0.29) is 11.7 Å². The summed E-state index contributed by atoms with van der Waals surface area (Å²) in [5, 5.41) is 9.81. The molecule has 3 aromatic rings. The lowest BCUT2D eigenvalue weighted by atomic mass is 10.2. The average molecular weight is 295 g/mol. The molecule has 0 radical (unpaired) electrons. The standard InChI is InChI=1S/C17H17N3O2/c1-3-20(13-7-4-6-12(2)10-13)17(22)14-11-19-9-5-8-15(21)16(19)18-14/h4-11,21H,3H2,1-2H3. The smallest absolute Gasteiger partial charge is 0.278 e. The first kappa shape index (κ1) is 14.1. The Morgan fingerprint density at radius 1 is 1.32 bits per heavy atom. The molecule has 1 amide bonds. The minimum atomic E-state index is -0.184. The zero-order valence-electron chi connectivity index (χ0n) is 12.5. The van der Waals surface area contributed by atoms with Gasteiger partial charge in [0.15, 0.2) is 11.4 Å². The number of pyridine rings is 1. The van der Waals surface area contributed by atoms with E-state index in [1.165, 1.54) is 0 Å². The molecule has 5 nitrogen and oxygen atoms in total. The number of aromatic hydroxyl groups is 1. The number of aryl methyl sites for hydroxylation is 1. The molecule has 0 saturated heterocycles. The molecule has 3 rings (SSSR count). The summed E-state index contributed by atoms with van der Waals surface area (Å²) in [7, 11) is 0. The van der Waals surface area contributed by atoms with Crippen LogP contribution >= 0.6 is 0 Å². The fraction of sp³-hybridized carbons (Fsp3) is 0.176. The van der Waals surface area contributed by atoms with Crippen LogP contribution in [0.3, 0.4) is 0 Å². The number of fused-ring (bicyclic) bond motifs is 1. The zero-order chi connectivity index (χ0) is 15.7. The highest BCUT2D eigenvalue weighted by molar-refractivity contribution is 6.05. The lowest BCUT2D eigenvalue weighted by Gasteiger charge is -2.20. The number of nitrogens with zero attached hydrogens (tertiary/aromatic N) is 3. The number of aromatic nitrogens is 2. The third kappa shape index (κ3) is 2.41. The molecule has 0 aliphatic rings. The molecule has 1 aromatic carbocycles. The number of carbonyl (C=O) groups excluding carboxylic acids is 1. The summed E-state index contributed by atoms with van der Waals surface area (Å²) in [5.74, 6) is -0.128. The van der Waals surface area contributed by atoms with E-state index in [1.807, 2.05) is 38.1 Å². The van der Waals surface area contributed by atoms with Gasteiger partial charge in [-0.2, -0.15) is 0 Å². The summed E-state index contributed by atoms with van der Waals surface area (Å²) in [4.78, 5) is 18.7. The maximum atomic E-state index is 12.7. The van der Waals surface area contributed by atoms with E-state index in [0.29, 0.717) is 17.9 Å². The minimum Gasteiger partial charge on any atom is -0.504 e. The molecule has 0 spiro atoms. The molecule has 0 saturated carbocycles. The normalized spacial score (nSPS) is 10.8. The molecule has 22 heavy (non-hydrogen) atoms. The fourth-order valence-corrected chi connectivity index (χ4v) is 2.48. The zero-order valence-corrected chi connectivity index (χ0v) is 12.5. The second-order valence-electron chi connectivity index (χ2n) is 5.14. The van der Waals surface area contributed by atoms with Crippen molar-refractivity contribution in [1.29, 1.82) is 0 Å². The van der Waals surface area contributed by atoms with Crippen LogP contribution in [0.15, 0.2) is 48.8 Å². The summed E-state index contributed by atoms with van der Waals surface area (Å²) in [6.07, 6.45) is 3.39. The molecule has 0 fully saturated rings. The topological polar surface area (TPSA) is 57.8 Å². The Kier molecular flexibility index (Phi) is 3.55. The second kappa shape index (κ2) is 5.52. The molecule has 1 N–H and O–H groups in total. The van der Waals surface area contributed by atoms with Crippen molar-refractivity contribution in [3.05, 3.63) is 60.0 Å². The largest absolute Gasteiger partial charge is 0.504 e. The van der Waals surface area contributed by atoms with Crippen LogP contribution in [0, 0.1) is 6.92 Å². The van der Waals surface area contributed by atoms with Gasteiger partial charge < -0.3 is 14.4 Å². The van der Waals surface area contributed by atoms with E-state index in [2.05, 4.69) is 4.98 Å². The average Bonchev–Trinajstić information content (AvgIpc) is 2.93. The van der Waals surface area contributed by atoms with Crippen LogP contribution in [-0.2, 0) is 0 Å². The predicted molar refractivity (Wildman–Crippen MR) is 85.4 cm³/mol. The number of hydrogen-bond acceptors (Lipinski definition) is 3. The molecule has 0 bridgehead atoms. The van der Waals surface area contributed by atoms with E-state index in [1.54, 1.807) is 33.8 Å². The highest BCUT2D eigenvalue weighted by Crippen LogP contribution is 2.21. The Morgan fingerprint density at radius 3 is 2.82 bits per heavy atom. The fourth-order valence-electron chi connectivity index (χ4n) is 2.48. The van der Waals surface area contributed by atoms with Gasteiger partial charge in [0.25, 0.3) is 5.91 Å². The van der Waals surface area contributed by atoms with Gasteiger partial charge in [-0.3, -0.25) is 4.79 Å². The molecule has 112 valence electrons. The highest BCUT2D eigenvalue weighted by atomic mass is 16.3. The molecular weight excluding hydrogens is 278 g/mol. The van der Waals surface area contributed by atoms with E-state index in [9.17, 15) is 9.90 Å². The van der Waals surface area contributed by atoms with Gasteiger partial charge in [0.2, 0.25) is 0 Å². The SMILES string of the molecule is CCN(C(=O)c1cn2cccc(O)c2n1)c1cccc(C)c1. The van der Waals surface area contributed by atoms with Gasteiger partial charge in [0.1, 0.15) is 5.69 Å². The number of imidazole rings is 1. The number of amides is 1. The van der Waals surface area contributed by atoms with Gasteiger partial charge in [0.05, 0.1) is 0 Å². The maximum absolute atomic E-state index is 12.7. The Morgan fingerprint density at radius 2 is 2.14 bits per heavy atom. The van der Waals surface area contributed by atoms with Crippen molar-refractivity contribution in [3.63, 3.8) is 0 Å². The van der Waals surface area contributed by atoms with Gasteiger partial charge in [-0.1, -0.05) is 12.1 Å². The van der Waals surface area contributed by atoms with Gasteiger partial charge in [-0.05, 0) is 43.7 Å². The number of benzene rings is 1. The van der Waals surface area contributed by atoms with Crippen LogP contribution in [0.1, 0.15) is 23.0 Å². The summed E-state index contributed by atoms with van der Waals surface area (Å²) in [5.41, 5.74) is 2.63. The first-order valence-corrected chi connectivity index (χ1v) is 7.15. The summed E-state index contributed by atoms with van der Waals surface area (Å²) >= 11 is 0. The minimum absolute atomic E-state index is 0.0557. The Balaban J connectivity index is 2.01. The van der Waals surface area contributed by atoms with E-state index in [0.717, 1.165) is 11.3 Å². The lowest BCUT2D eigenvalue weighted by Crippen LogP contribution is -2.30. The second-order valence-corrected chi connectivity index (χ2v) is 5.14. The van der Waals surface area contributed by atoms with Crippen LogP contribution in [0.2, 0.25) is 0 Å². The number of anilines is 1. The van der Waals surface area contributed by atoms with Crippen LogP contribution in [0.5, 0.6) is 5.75 Å². The number of rotatable bonds is 3. The van der Waals surface area contributed by atoms with Crippen molar-refractivity contribution >= 4 is 17.2 Å². The summed E-state index contributed by atoms with van der Waals surface area (Å²) in [6.45, 7) is 4.46. The monoisotopic (exact) mass is 295 g/mol. The Labute approximate surface area is 128 Å². The lowest BCUT2D eigenvalue weighted by molar-refractivity contribution is 0.0984. The van der Waals surface area contributed by atoms with E-state index >= 15 is 0 Å². The van der Waals surface area contributed by atoms with E-state index < -0.39 is 0 Å². The molecule has 2 aromatic heterocycles. The van der Waals surface area contributed by atoms with Crippen molar-refractivity contribution in [1.82, 2.24) is 9.38 Å². The first-order chi connectivity index (χ1) is 10.6. The van der Waals surface area contributed by atoms with Gasteiger partial charge >= 0.3 is 0 Å². The van der Waals surface area contributed by atoms with Gasteiger partial charge in [-0.15, -0.1) is 0 Å². The van der Waals surface area contributed by atoms with Crippen molar-refractivity contribution in [2.24, 2.45) is 0 Å². The van der Waals surface area contributed by atoms with Crippen molar-refractivity contribution in [3.8, 4) is 5.75 Å². The Bertz CT molecular complexity index is 839.